The van der Waals surface area contributed by atoms with Crippen molar-refractivity contribution in [3.8, 4) is 5.75 Å². The standard InChI is InChI=1S/C19H30O3.CH4/c1-2-3-4-5-6-7-8-10-17-12-14-18(15-13-17)22-16-9-11-19(20)21;/h12-15H,2-11,16H2,1H3,(H,20,21);1H4/p-1. The molecule has 0 bridgehead atoms. The van der Waals surface area contributed by atoms with Crippen LogP contribution in [0.25, 0.3) is 0 Å². The van der Waals surface area contributed by atoms with E-state index in [2.05, 4.69) is 19.1 Å². The molecule has 0 aliphatic heterocycles. The van der Waals surface area contributed by atoms with E-state index < -0.39 is 5.97 Å². The van der Waals surface area contributed by atoms with Crippen LogP contribution >= 0.6 is 0 Å². The fourth-order valence-electron chi connectivity index (χ4n) is 2.45. The van der Waals surface area contributed by atoms with Crippen LogP contribution in [0.5, 0.6) is 5.75 Å². The number of ether oxygens (including phenoxy) is 1. The second-order valence-corrected chi connectivity index (χ2v) is 5.84. The first-order valence-electron chi connectivity index (χ1n) is 8.64. The molecule has 0 saturated carbocycles. The second-order valence-electron chi connectivity index (χ2n) is 5.84. The number of benzene rings is 1. The Labute approximate surface area is 142 Å². The van der Waals surface area contributed by atoms with Gasteiger partial charge in [-0.15, -0.1) is 0 Å². The zero-order chi connectivity index (χ0) is 16.0. The smallest absolute Gasteiger partial charge is 0.119 e. The van der Waals surface area contributed by atoms with Gasteiger partial charge >= 0.3 is 0 Å². The lowest BCUT2D eigenvalue weighted by Gasteiger charge is -2.08. The largest absolute Gasteiger partial charge is 0.550 e. The van der Waals surface area contributed by atoms with Crippen molar-refractivity contribution in [2.75, 3.05) is 6.61 Å². The fraction of sp³-hybridized carbons (Fsp3) is 0.650. The molecule has 3 nitrogen and oxygen atoms in total. The summed E-state index contributed by atoms with van der Waals surface area (Å²) in [7, 11) is 0. The minimum Gasteiger partial charge on any atom is -0.550 e. The molecule has 3 heteroatoms. The van der Waals surface area contributed by atoms with Crippen LogP contribution in [-0.4, -0.2) is 12.6 Å². The summed E-state index contributed by atoms with van der Waals surface area (Å²) in [5.74, 6) is -0.213. The van der Waals surface area contributed by atoms with Gasteiger partial charge in [-0.2, -0.15) is 0 Å². The van der Waals surface area contributed by atoms with Crippen molar-refractivity contribution in [1.29, 1.82) is 0 Å². The van der Waals surface area contributed by atoms with Crippen LogP contribution in [0.4, 0.5) is 0 Å². The molecule has 0 spiro atoms. The zero-order valence-corrected chi connectivity index (χ0v) is 13.8. The predicted molar refractivity (Wildman–Crippen MR) is 94.6 cm³/mol. The van der Waals surface area contributed by atoms with Crippen molar-refractivity contribution in [1.82, 2.24) is 0 Å². The summed E-state index contributed by atoms with van der Waals surface area (Å²) in [5.41, 5.74) is 1.34. The van der Waals surface area contributed by atoms with Gasteiger partial charge in [0, 0.05) is 5.97 Å². The number of rotatable bonds is 13. The minimum absolute atomic E-state index is 0. The molecule has 1 aromatic carbocycles. The van der Waals surface area contributed by atoms with Gasteiger partial charge in [0.05, 0.1) is 6.61 Å². The molecule has 1 rings (SSSR count). The lowest BCUT2D eigenvalue weighted by atomic mass is 10.0. The highest BCUT2D eigenvalue weighted by Crippen LogP contribution is 2.15. The maximum absolute atomic E-state index is 10.3. The summed E-state index contributed by atoms with van der Waals surface area (Å²) < 4.78 is 5.50. The molecule has 0 aliphatic carbocycles. The maximum atomic E-state index is 10.3. The van der Waals surface area contributed by atoms with Gasteiger partial charge in [-0.25, -0.2) is 0 Å². The van der Waals surface area contributed by atoms with E-state index in [9.17, 15) is 9.90 Å². The monoisotopic (exact) mass is 321 g/mol. The Morgan fingerprint density at radius 1 is 0.957 bits per heavy atom. The molecule has 0 radical (unpaired) electrons. The van der Waals surface area contributed by atoms with Crippen LogP contribution in [0.15, 0.2) is 24.3 Å². The number of hydrogen-bond donors (Lipinski definition) is 0. The first kappa shape index (κ1) is 21.5. The molecule has 1 aromatic rings. The average Bonchev–Trinajstić information content (AvgIpc) is 2.52. The molecule has 132 valence electrons. The van der Waals surface area contributed by atoms with E-state index in [-0.39, 0.29) is 13.8 Å². The third-order valence-electron chi connectivity index (χ3n) is 3.79. The van der Waals surface area contributed by atoms with Gasteiger partial charge in [0.25, 0.3) is 0 Å². The highest BCUT2D eigenvalue weighted by Gasteiger charge is 1.97. The number of aliphatic carboxylic acids is 1. The Bertz CT molecular complexity index is 398. The van der Waals surface area contributed by atoms with Crippen LogP contribution < -0.4 is 9.84 Å². The van der Waals surface area contributed by atoms with Gasteiger partial charge in [0.1, 0.15) is 5.75 Å². The minimum atomic E-state index is -1.02. The van der Waals surface area contributed by atoms with Crippen molar-refractivity contribution in [2.45, 2.75) is 78.6 Å². The highest BCUT2D eigenvalue weighted by molar-refractivity contribution is 5.64. The Morgan fingerprint density at radius 3 is 2.17 bits per heavy atom. The lowest BCUT2D eigenvalue weighted by molar-refractivity contribution is -0.305. The first-order chi connectivity index (χ1) is 10.7. The number of hydrogen-bond acceptors (Lipinski definition) is 3. The van der Waals surface area contributed by atoms with Gasteiger partial charge in [0.2, 0.25) is 0 Å². The molecular formula is C20H33O3-. The van der Waals surface area contributed by atoms with E-state index in [0.717, 1.165) is 12.2 Å². The normalized spacial score (nSPS) is 10.1. The molecule has 23 heavy (non-hydrogen) atoms. The Morgan fingerprint density at radius 2 is 1.57 bits per heavy atom. The van der Waals surface area contributed by atoms with Gasteiger partial charge in [-0.3, -0.25) is 0 Å². The molecule has 0 unspecified atom stereocenters. The summed E-state index contributed by atoms with van der Waals surface area (Å²) in [5, 5.41) is 10.3. The van der Waals surface area contributed by atoms with E-state index in [1.54, 1.807) is 0 Å². The van der Waals surface area contributed by atoms with Gasteiger partial charge in [0.15, 0.2) is 0 Å². The molecule has 0 N–H and O–H groups in total. The number of carbonyl (C=O) groups excluding carboxylic acids is 1. The van der Waals surface area contributed by atoms with Crippen molar-refractivity contribution in [2.24, 2.45) is 0 Å². The van der Waals surface area contributed by atoms with Crippen LogP contribution in [-0.2, 0) is 11.2 Å². The average molecular weight is 321 g/mol. The lowest BCUT2D eigenvalue weighted by Crippen LogP contribution is -2.22. The molecule has 0 aliphatic rings. The van der Waals surface area contributed by atoms with Gasteiger partial charge in [-0.1, -0.05) is 65.0 Å². The van der Waals surface area contributed by atoms with Crippen molar-refractivity contribution < 1.29 is 14.6 Å². The molecule has 0 fully saturated rings. The van der Waals surface area contributed by atoms with Crippen LogP contribution in [0.3, 0.4) is 0 Å². The van der Waals surface area contributed by atoms with Crippen LogP contribution in [0.1, 0.15) is 77.7 Å². The van der Waals surface area contributed by atoms with Crippen molar-refractivity contribution in [3.05, 3.63) is 29.8 Å². The third-order valence-corrected chi connectivity index (χ3v) is 3.79. The molecule has 0 atom stereocenters. The second kappa shape index (κ2) is 14.1. The predicted octanol–water partition coefficient (Wildman–Crippen LogP) is 4.52. The van der Waals surface area contributed by atoms with E-state index in [4.69, 9.17) is 4.74 Å². The highest BCUT2D eigenvalue weighted by atomic mass is 16.5. The number of carbonyl (C=O) groups is 1. The fourth-order valence-corrected chi connectivity index (χ4v) is 2.45. The molecule has 0 heterocycles. The van der Waals surface area contributed by atoms with Crippen LogP contribution in [0, 0.1) is 0 Å². The zero-order valence-electron chi connectivity index (χ0n) is 13.8. The van der Waals surface area contributed by atoms with Gasteiger partial charge < -0.3 is 14.6 Å². The molecule has 0 saturated heterocycles. The number of unbranched alkanes of at least 4 members (excludes halogenated alkanes) is 6. The SMILES string of the molecule is C.CCCCCCCCCc1ccc(OCCCC(=O)[O-])cc1. The Kier molecular flexibility index (Phi) is 13.2. The topological polar surface area (TPSA) is 49.4 Å². The summed E-state index contributed by atoms with van der Waals surface area (Å²) in [4.78, 5) is 10.3. The maximum Gasteiger partial charge on any atom is 0.119 e. The first-order valence-corrected chi connectivity index (χ1v) is 8.64. The summed E-state index contributed by atoms with van der Waals surface area (Å²) in [6.07, 6.45) is 11.0. The Balaban J connectivity index is 0.00000484. The van der Waals surface area contributed by atoms with Crippen LogP contribution in [0.2, 0.25) is 0 Å². The Hall–Kier alpha value is -1.51. The van der Waals surface area contributed by atoms with Crippen molar-refractivity contribution in [3.63, 3.8) is 0 Å². The number of carboxylic acid groups (broad SMARTS) is 1. The van der Waals surface area contributed by atoms with E-state index in [0.29, 0.717) is 13.0 Å². The summed E-state index contributed by atoms with van der Waals surface area (Å²) >= 11 is 0. The van der Waals surface area contributed by atoms with E-state index in [1.807, 2.05) is 12.1 Å². The summed E-state index contributed by atoms with van der Waals surface area (Å²) in [6.45, 7) is 2.67. The van der Waals surface area contributed by atoms with E-state index >= 15 is 0 Å². The third kappa shape index (κ3) is 11.7. The quantitative estimate of drug-likeness (QED) is 0.502. The summed E-state index contributed by atoms with van der Waals surface area (Å²) in [6, 6.07) is 8.14. The van der Waals surface area contributed by atoms with Crippen molar-refractivity contribution >= 4 is 5.97 Å². The molecule has 0 aromatic heterocycles. The molecular weight excluding hydrogens is 288 g/mol. The molecule has 0 amide bonds. The number of carboxylic acids is 1. The van der Waals surface area contributed by atoms with E-state index in [1.165, 1.54) is 50.5 Å². The van der Waals surface area contributed by atoms with Gasteiger partial charge in [-0.05, 0) is 43.4 Å². The number of aryl methyl sites for hydroxylation is 1.